The molecule has 38 heavy (non-hydrogen) atoms. The second-order valence-corrected chi connectivity index (χ2v) is 9.91. The van der Waals surface area contributed by atoms with Crippen molar-refractivity contribution < 1.29 is 19.1 Å². The van der Waals surface area contributed by atoms with Crippen LogP contribution in [0.15, 0.2) is 72.8 Å². The van der Waals surface area contributed by atoms with E-state index in [0.717, 1.165) is 35.3 Å². The lowest BCUT2D eigenvalue weighted by molar-refractivity contribution is -0.141. The molecule has 0 saturated carbocycles. The van der Waals surface area contributed by atoms with Crippen molar-refractivity contribution in [1.29, 1.82) is 0 Å². The van der Waals surface area contributed by atoms with Crippen molar-refractivity contribution in [2.24, 2.45) is 0 Å². The first kappa shape index (κ1) is 27.5. The fraction of sp³-hybridized carbons (Fsp3) is 0.355. The van der Waals surface area contributed by atoms with Crippen LogP contribution in [-0.4, -0.2) is 42.5 Å². The van der Waals surface area contributed by atoms with Gasteiger partial charge in [-0.2, -0.15) is 0 Å². The van der Waals surface area contributed by atoms with Crippen molar-refractivity contribution in [2.75, 3.05) is 19.8 Å². The lowest BCUT2D eigenvalue weighted by Crippen LogP contribution is -2.50. The molecule has 0 radical (unpaired) electrons. The Morgan fingerprint density at radius 1 is 0.921 bits per heavy atom. The number of ether oxygens (including phenoxy) is 2. The molecule has 3 aromatic rings. The van der Waals surface area contributed by atoms with E-state index in [1.54, 1.807) is 4.90 Å². The Labute approximate surface area is 229 Å². The third kappa shape index (κ3) is 7.75. The average Bonchev–Trinajstić information content (AvgIpc) is 2.95. The summed E-state index contributed by atoms with van der Waals surface area (Å²) in [6.45, 7) is 4.03. The van der Waals surface area contributed by atoms with E-state index in [2.05, 4.69) is 12.2 Å². The molecule has 200 valence electrons. The Kier molecular flexibility index (Phi) is 10.0. The Hall–Kier alpha value is -3.51. The zero-order valence-corrected chi connectivity index (χ0v) is 22.6. The fourth-order valence-corrected chi connectivity index (χ4v) is 4.61. The number of halogens is 1. The number of benzene rings is 3. The predicted molar refractivity (Wildman–Crippen MR) is 150 cm³/mol. The van der Waals surface area contributed by atoms with Crippen molar-refractivity contribution in [3.8, 4) is 11.5 Å². The number of unbranched alkanes of at least 4 members (excludes halogenated alkanes) is 1. The molecule has 0 saturated heterocycles. The summed E-state index contributed by atoms with van der Waals surface area (Å²) in [6.07, 6.45) is 3.09. The number of carbonyl (C=O) groups is 2. The highest BCUT2D eigenvalue weighted by atomic mass is 35.5. The summed E-state index contributed by atoms with van der Waals surface area (Å²) in [6, 6.07) is 22.4. The van der Waals surface area contributed by atoms with Crippen LogP contribution in [0.5, 0.6) is 11.5 Å². The normalized spacial score (nSPS) is 13.0. The largest absolute Gasteiger partial charge is 0.486 e. The summed E-state index contributed by atoms with van der Waals surface area (Å²) < 4.78 is 11.3. The maximum atomic E-state index is 13.8. The fourth-order valence-electron chi connectivity index (χ4n) is 4.48. The third-order valence-corrected chi connectivity index (χ3v) is 6.85. The summed E-state index contributed by atoms with van der Waals surface area (Å²) in [5.74, 6) is 1.21. The number of nitrogens with one attached hydrogen (secondary N) is 1. The molecule has 0 aromatic heterocycles. The van der Waals surface area contributed by atoms with Crippen molar-refractivity contribution in [2.45, 2.75) is 51.6 Å². The SMILES string of the molecule is CCCCNC(=O)[C@@H](Cc1ccccc1)N(Cc1ccc(Cl)cc1)C(=O)CCc1ccc2c(c1)OCCO2. The molecule has 1 heterocycles. The van der Waals surface area contributed by atoms with Gasteiger partial charge in [0.15, 0.2) is 11.5 Å². The second-order valence-electron chi connectivity index (χ2n) is 9.48. The van der Waals surface area contributed by atoms with Gasteiger partial charge in [0, 0.05) is 31.0 Å². The molecule has 0 spiro atoms. The number of nitrogens with zero attached hydrogens (tertiary/aromatic N) is 1. The number of aryl methyl sites for hydroxylation is 1. The number of hydrogen-bond acceptors (Lipinski definition) is 4. The molecule has 2 amide bonds. The van der Waals surface area contributed by atoms with E-state index < -0.39 is 6.04 Å². The topological polar surface area (TPSA) is 67.9 Å². The number of amides is 2. The standard InChI is InChI=1S/C31H35ClN2O4/c1-2-3-17-33-31(36)27(20-23-7-5-4-6-8-23)34(22-25-9-13-26(32)14-10-25)30(35)16-12-24-11-15-28-29(21-24)38-19-18-37-28/h4-11,13-15,21,27H,2-3,12,16-20,22H2,1H3,(H,33,36)/t27-/m1/s1. The van der Waals surface area contributed by atoms with Crippen LogP contribution in [-0.2, 0) is 29.0 Å². The minimum Gasteiger partial charge on any atom is -0.486 e. The molecule has 4 rings (SSSR count). The molecule has 0 aliphatic carbocycles. The molecule has 3 aromatic carbocycles. The van der Waals surface area contributed by atoms with Crippen LogP contribution in [0.1, 0.15) is 42.9 Å². The van der Waals surface area contributed by atoms with E-state index >= 15 is 0 Å². The Balaban J connectivity index is 1.57. The quantitative estimate of drug-likeness (QED) is 0.307. The molecule has 1 aliphatic rings. The highest BCUT2D eigenvalue weighted by Crippen LogP contribution is 2.31. The summed E-state index contributed by atoms with van der Waals surface area (Å²) in [7, 11) is 0. The van der Waals surface area contributed by atoms with Gasteiger partial charge in [0.05, 0.1) is 0 Å². The Bertz CT molecular complexity index is 1200. The highest BCUT2D eigenvalue weighted by molar-refractivity contribution is 6.30. The molecule has 0 fully saturated rings. The highest BCUT2D eigenvalue weighted by Gasteiger charge is 2.30. The molecule has 0 bridgehead atoms. The van der Waals surface area contributed by atoms with E-state index in [1.807, 2.05) is 72.8 Å². The monoisotopic (exact) mass is 534 g/mol. The maximum absolute atomic E-state index is 13.8. The zero-order valence-electron chi connectivity index (χ0n) is 21.8. The van der Waals surface area contributed by atoms with Crippen LogP contribution < -0.4 is 14.8 Å². The van der Waals surface area contributed by atoms with Crippen molar-refractivity contribution >= 4 is 23.4 Å². The van der Waals surface area contributed by atoms with E-state index in [0.29, 0.717) is 49.9 Å². The molecule has 6 nitrogen and oxygen atoms in total. The molecule has 1 aliphatic heterocycles. The van der Waals surface area contributed by atoms with E-state index in [4.69, 9.17) is 21.1 Å². The predicted octanol–water partition coefficient (Wildman–Crippen LogP) is 5.60. The van der Waals surface area contributed by atoms with E-state index in [1.165, 1.54) is 0 Å². The molecule has 7 heteroatoms. The lowest BCUT2D eigenvalue weighted by Gasteiger charge is -2.32. The second kappa shape index (κ2) is 13.9. The van der Waals surface area contributed by atoms with Crippen LogP contribution >= 0.6 is 11.6 Å². The number of fused-ring (bicyclic) bond motifs is 1. The van der Waals surface area contributed by atoms with Crippen LogP contribution in [0.3, 0.4) is 0 Å². The minimum absolute atomic E-state index is 0.0820. The summed E-state index contributed by atoms with van der Waals surface area (Å²) in [5, 5.41) is 3.69. The van der Waals surface area contributed by atoms with Crippen LogP contribution in [0.4, 0.5) is 0 Å². The number of carbonyl (C=O) groups excluding carboxylic acids is 2. The van der Waals surface area contributed by atoms with Gasteiger partial charge in [0.1, 0.15) is 19.3 Å². The number of rotatable bonds is 12. The summed E-state index contributed by atoms with van der Waals surface area (Å²) >= 11 is 6.11. The van der Waals surface area contributed by atoms with Gasteiger partial charge in [-0.3, -0.25) is 9.59 Å². The molecule has 1 atom stereocenters. The van der Waals surface area contributed by atoms with Crippen molar-refractivity contribution in [3.05, 3.63) is 94.5 Å². The third-order valence-electron chi connectivity index (χ3n) is 6.60. The van der Waals surface area contributed by atoms with Gasteiger partial charge in [0.2, 0.25) is 11.8 Å². The lowest BCUT2D eigenvalue weighted by atomic mass is 10.0. The van der Waals surface area contributed by atoms with E-state index in [9.17, 15) is 9.59 Å². The molecular formula is C31H35ClN2O4. The number of hydrogen-bond donors (Lipinski definition) is 1. The van der Waals surface area contributed by atoms with Crippen molar-refractivity contribution in [3.63, 3.8) is 0 Å². The van der Waals surface area contributed by atoms with E-state index in [-0.39, 0.29) is 18.2 Å². The van der Waals surface area contributed by atoms with Gasteiger partial charge >= 0.3 is 0 Å². The maximum Gasteiger partial charge on any atom is 0.243 e. The van der Waals surface area contributed by atoms with Gasteiger partial charge in [-0.05, 0) is 53.8 Å². The Morgan fingerprint density at radius 2 is 1.63 bits per heavy atom. The summed E-state index contributed by atoms with van der Waals surface area (Å²) in [4.78, 5) is 29.0. The van der Waals surface area contributed by atoms with Crippen LogP contribution in [0, 0.1) is 0 Å². The first-order valence-electron chi connectivity index (χ1n) is 13.3. The molecule has 1 N–H and O–H groups in total. The minimum atomic E-state index is -0.641. The van der Waals surface area contributed by atoms with Gasteiger partial charge in [-0.25, -0.2) is 0 Å². The first-order chi connectivity index (χ1) is 18.5. The smallest absolute Gasteiger partial charge is 0.243 e. The van der Waals surface area contributed by atoms with Gasteiger partial charge < -0.3 is 19.7 Å². The van der Waals surface area contributed by atoms with Gasteiger partial charge in [-0.1, -0.05) is 73.5 Å². The van der Waals surface area contributed by atoms with Gasteiger partial charge in [0.25, 0.3) is 0 Å². The average molecular weight is 535 g/mol. The van der Waals surface area contributed by atoms with Crippen LogP contribution in [0.25, 0.3) is 0 Å². The first-order valence-corrected chi connectivity index (χ1v) is 13.7. The van der Waals surface area contributed by atoms with Crippen LogP contribution in [0.2, 0.25) is 5.02 Å². The summed E-state index contributed by atoms with van der Waals surface area (Å²) in [5.41, 5.74) is 2.91. The van der Waals surface area contributed by atoms with Crippen molar-refractivity contribution in [1.82, 2.24) is 10.2 Å². The molecular weight excluding hydrogens is 500 g/mol. The van der Waals surface area contributed by atoms with Gasteiger partial charge in [-0.15, -0.1) is 0 Å². The zero-order chi connectivity index (χ0) is 26.7. The Morgan fingerprint density at radius 3 is 2.37 bits per heavy atom. The molecule has 0 unspecified atom stereocenters.